The monoisotopic (exact) mass is 371 g/mol. The van der Waals surface area contributed by atoms with Crippen LogP contribution in [0.4, 0.5) is 0 Å². The van der Waals surface area contributed by atoms with E-state index >= 15 is 0 Å². The summed E-state index contributed by atoms with van der Waals surface area (Å²) in [5.74, 6) is -0.144. The molecule has 2 N–H and O–H groups in total. The Morgan fingerprint density at radius 3 is 2.79 bits per heavy atom. The zero-order valence-corrected chi connectivity index (χ0v) is 15.2. The van der Waals surface area contributed by atoms with Crippen molar-refractivity contribution in [2.24, 2.45) is 0 Å². The van der Waals surface area contributed by atoms with Gasteiger partial charge >= 0.3 is 0 Å². The Labute approximate surface area is 154 Å². The molecular weight excluding hydrogens is 349 g/mol. The fraction of sp³-hybridized carbons (Fsp3) is 0.412. The predicted octanol–water partition coefficient (Wildman–Crippen LogP) is 2.58. The Morgan fingerprint density at radius 1 is 1.29 bits per heavy atom. The molecule has 1 aliphatic rings. The average Bonchev–Trinajstić information content (AvgIpc) is 3.01. The third-order valence-electron chi connectivity index (χ3n) is 4.17. The molecule has 3 rings (SSSR count). The number of benzene rings is 1. The van der Waals surface area contributed by atoms with E-state index in [9.17, 15) is 4.79 Å². The van der Waals surface area contributed by atoms with Gasteiger partial charge in [0.05, 0.1) is 17.7 Å². The van der Waals surface area contributed by atoms with Gasteiger partial charge in [0.2, 0.25) is 0 Å². The van der Waals surface area contributed by atoms with Crippen LogP contribution < -0.4 is 10.6 Å². The van der Waals surface area contributed by atoms with Crippen LogP contribution in [0.5, 0.6) is 0 Å². The highest BCUT2D eigenvalue weighted by Crippen LogP contribution is 2.19. The van der Waals surface area contributed by atoms with Crippen molar-refractivity contribution in [3.63, 3.8) is 0 Å². The van der Waals surface area contributed by atoms with Gasteiger partial charge < -0.3 is 15.4 Å². The number of aromatic nitrogens is 1. The van der Waals surface area contributed by atoms with Gasteiger partial charge in [-0.2, -0.15) is 0 Å². The Morgan fingerprint density at radius 2 is 2.08 bits per heavy atom. The van der Waals surface area contributed by atoms with Crippen LogP contribution in [-0.2, 0) is 4.74 Å². The van der Waals surface area contributed by atoms with Crippen LogP contribution in [0, 0.1) is 0 Å². The average molecular weight is 372 g/mol. The van der Waals surface area contributed by atoms with Gasteiger partial charge in [-0.15, -0.1) is 24.8 Å². The number of nitrogens with zero attached hydrogens (tertiary/aromatic N) is 1. The first-order valence-corrected chi connectivity index (χ1v) is 7.60. The quantitative estimate of drug-likeness (QED) is 0.847. The minimum absolute atomic E-state index is 0. The maximum Gasteiger partial charge on any atom is 0.269 e. The standard InChI is InChI=1S/C17H21N3O2.2ClH/c1-22-12-17(9-4-10-19-17)11-18-16(21)15-8-7-13-5-2-3-6-14(13)20-15;;/h2-3,5-8,19H,4,9-12H2,1H3,(H,18,21);2*1H. The number of pyridine rings is 1. The van der Waals surface area contributed by atoms with Crippen molar-refractivity contribution in [1.82, 2.24) is 15.6 Å². The van der Waals surface area contributed by atoms with E-state index in [2.05, 4.69) is 15.6 Å². The summed E-state index contributed by atoms with van der Waals surface area (Å²) < 4.78 is 5.30. The molecule has 1 aromatic carbocycles. The maximum atomic E-state index is 12.3. The zero-order chi connectivity index (χ0) is 15.4. The number of nitrogens with one attached hydrogen (secondary N) is 2. The second-order valence-corrected chi connectivity index (χ2v) is 5.82. The van der Waals surface area contributed by atoms with E-state index in [0.29, 0.717) is 18.8 Å². The second kappa shape index (κ2) is 9.18. The van der Waals surface area contributed by atoms with Crippen molar-refractivity contribution < 1.29 is 9.53 Å². The third-order valence-corrected chi connectivity index (χ3v) is 4.17. The molecule has 1 aromatic heterocycles. The fourth-order valence-corrected chi connectivity index (χ4v) is 3.00. The van der Waals surface area contributed by atoms with Gasteiger partial charge in [-0.05, 0) is 31.5 Å². The van der Waals surface area contributed by atoms with Crippen molar-refractivity contribution in [3.05, 3.63) is 42.1 Å². The van der Waals surface area contributed by atoms with Gasteiger partial charge in [0.1, 0.15) is 5.69 Å². The lowest BCUT2D eigenvalue weighted by Gasteiger charge is -2.28. The van der Waals surface area contributed by atoms with Crippen molar-refractivity contribution in [2.75, 3.05) is 26.8 Å². The number of rotatable bonds is 5. The normalized spacial score (nSPS) is 19.4. The summed E-state index contributed by atoms with van der Waals surface area (Å²) in [4.78, 5) is 16.8. The van der Waals surface area contributed by atoms with Crippen LogP contribution in [0.1, 0.15) is 23.3 Å². The number of fused-ring (bicyclic) bond motifs is 1. The Hall–Kier alpha value is -1.40. The lowest BCUT2D eigenvalue weighted by Crippen LogP contribution is -2.53. The van der Waals surface area contributed by atoms with Crippen LogP contribution in [0.2, 0.25) is 0 Å². The minimum atomic E-state index is -0.152. The van der Waals surface area contributed by atoms with Gasteiger partial charge in [0.25, 0.3) is 5.91 Å². The zero-order valence-electron chi connectivity index (χ0n) is 13.6. The lowest BCUT2D eigenvalue weighted by molar-refractivity contribution is 0.0888. The van der Waals surface area contributed by atoms with Gasteiger partial charge in [-0.1, -0.05) is 24.3 Å². The number of carbonyl (C=O) groups excluding carboxylic acids is 1. The number of carbonyl (C=O) groups is 1. The highest BCUT2D eigenvalue weighted by molar-refractivity contribution is 5.94. The van der Waals surface area contributed by atoms with E-state index in [1.54, 1.807) is 13.2 Å². The van der Waals surface area contributed by atoms with Crippen molar-refractivity contribution in [3.8, 4) is 0 Å². The number of halogens is 2. The molecule has 1 atom stereocenters. The Kier molecular flexibility index (Phi) is 7.90. The van der Waals surface area contributed by atoms with Gasteiger partial charge in [0.15, 0.2) is 0 Å². The molecule has 0 spiro atoms. The lowest BCUT2D eigenvalue weighted by atomic mass is 9.98. The predicted molar refractivity (Wildman–Crippen MR) is 100 cm³/mol. The number of para-hydroxylation sites is 1. The summed E-state index contributed by atoms with van der Waals surface area (Å²) in [6, 6.07) is 11.5. The van der Waals surface area contributed by atoms with E-state index in [4.69, 9.17) is 4.74 Å². The molecule has 0 aliphatic carbocycles. The van der Waals surface area contributed by atoms with E-state index < -0.39 is 0 Å². The second-order valence-electron chi connectivity index (χ2n) is 5.82. The van der Waals surface area contributed by atoms with Crippen molar-refractivity contribution in [2.45, 2.75) is 18.4 Å². The molecule has 2 heterocycles. The first-order chi connectivity index (χ1) is 10.7. The van der Waals surface area contributed by atoms with Crippen LogP contribution in [-0.4, -0.2) is 43.2 Å². The highest BCUT2D eigenvalue weighted by atomic mass is 35.5. The topological polar surface area (TPSA) is 63.2 Å². The van der Waals surface area contributed by atoms with Crippen LogP contribution >= 0.6 is 24.8 Å². The van der Waals surface area contributed by atoms with Crippen LogP contribution in [0.25, 0.3) is 10.9 Å². The minimum Gasteiger partial charge on any atom is -0.383 e. The van der Waals surface area contributed by atoms with E-state index in [1.807, 2.05) is 30.3 Å². The molecule has 0 saturated carbocycles. The van der Waals surface area contributed by atoms with E-state index in [0.717, 1.165) is 30.3 Å². The third kappa shape index (κ3) is 4.57. The molecular formula is C17H23Cl2N3O2. The van der Waals surface area contributed by atoms with Crippen molar-refractivity contribution in [1.29, 1.82) is 0 Å². The number of ether oxygens (including phenoxy) is 1. The van der Waals surface area contributed by atoms with Crippen LogP contribution in [0.15, 0.2) is 36.4 Å². The van der Waals surface area contributed by atoms with E-state index in [1.165, 1.54) is 0 Å². The first kappa shape index (κ1) is 20.6. The number of methoxy groups -OCH3 is 1. The molecule has 1 saturated heterocycles. The van der Waals surface area contributed by atoms with Gasteiger partial charge in [-0.3, -0.25) is 4.79 Å². The summed E-state index contributed by atoms with van der Waals surface area (Å²) in [5.41, 5.74) is 1.13. The smallest absolute Gasteiger partial charge is 0.269 e. The summed E-state index contributed by atoms with van der Waals surface area (Å²) in [6.07, 6.45) is 2.11. The molecule has 5 nitrogen and oxygen atoms in total. The molecule has 0 radical (unpaired) electrons. The number of amides is 1. The SMILES string of the molecule is COCC1(CNC(=O)c2ccc3ccccc3n2)CCCN1.Cl.Cl. The molecule has 2 aromatic rings. The van der Waals surface area contributed by atoms with Gasteiger partial charge in [0, 0.05) is 19.0 Å². The fourth-order valence-electron chi connectivity index (χ4n) is 3.00. The Bertz CT molecular complexity index is 676. The first-order valence-electron chi connectivity index (χ1n) is 7.60. The van der Waals surface area contributed by atoms with E-state index in [-0.39, 0.29) is 36.3 Å². The molecule has 0 bridgehead atoms. The highest BCUT2D eigenvalue weighted by Gasteiger charge is 2.33. The maximum absolute atomic E-state index is 12.3. The van der Waals surface area contributed by atoms with Crippen LogP contribution in [0.3, 0.4) is 0 Å². The molecule has 1 aliphatic heterocycles. The van der Waals surface area contributed by atoms with Crippen molar-refractivity contribution >= 4 is 41.6 Å². The molecule has 1 unspecified atom stereocenters. The molecule has 1 fully saturated rings. The summed E-state index contributed by atoms with van der Waals surface area (Å²) in [6.45, 7) is 2.11. The summed E-state index contributed by atoms with van der Waals surface area (Å²) in [5, 5.41) is 7.47. The summed E-state index contributed by atoms with van der Waals surface area (Å²) >= 11 is 0. The molecule has 24 heavy (non-hydrogen) atoms. The number of hydrogen-bond donors (Lipinski definition) is 2. The Balaban J connectivity index is 0.00000144. The molecule has 132 valence electrons. The largest absolute Gasteiger partial charge is 0.383 e. The van der Waals surface area contributed by atoms with Gasteiger partial charge in [-0.25, -0.2) is 4.98 Å². The molecule has 7 heteroatoms. The molecule has 1 amide bonds. The number of hydrogen-bond acceptors (Lipinski definition) is 4. The summed E-state index contributed by atoms with van der Waals surface area (Å²) in [7, 11) is 1.69.